The maximum absolute atomic E-state index is 12.8. The van der Waals surface area contributed by atoms with Crippen LogP contribution in [-0.4, -0.2) is 75.9 Å². The van der Waals surface area contributed by atoms with Crippen molar-refractivity contribution in [3.63, 3.8) is 0 Å². The van der Waals surface area contributed by atoms with Crippen LogP contribution >= 0.6 is 21.6 Å². The molecule has 0 radical (unpaired) electrons. The van der Waals surface area contributed by atoms with Crippen LogP contribution in [0.15, 0.2) is 24.4 Å². The van der Waals surface area contributed by atoms with Crippen LogP contribution in [0.25, 0.3) is 0 Å². The van der Waals surface area contributed by atoms with Gasteiger partial charge in [0.25, 0.3) is 0 Å². The topological polar surface area (TPSA) is 129 Å². The summed E-state index contributed by atoms with van der Waals surface area (Å²) in [6, 6.07) is 4.39. The molecule has 0 aliphatic heterocycles. The number of likely N-dealkylation sites (N-methyl/N-ethyl adjacent to an activating group) is 1. The Morgan fingerprint density at radius 1 is 1.10 bits per heavy atom. The average molecular weight is 457 g/mol. The van der Waals surface area contributed by atoms with Gasteiger partial charge in [-0.25, -0.2) is 0 Å². The average Bonchev–Trinajstić information content (AvgIpc) is 2.67. The molecule has 0 aromatic carbocycles. The largest absolute Gasteiger partial charge is 0.481 e. The van der Waals surface area contributed by atoms with E-state index in [2.05, 4.69) is 15.6 Å². The van der Waals surface area contributed by atoms with Crippen molar-refractivity contribution in [3.8, 4) is 0 Å². The number of pyridine rings is 1. The van der Waals surface area contributed by atoms with Crippen LogP contribution in [0, 0.1) is 0 Å². The number of nitrogens with zero attached hydrogens (tertiary/aromatic N) is 2. The van der Waals surface area contributed by atoms with E-state index in [0.717, 1.165) is 5.69 Å². The zero-order chi connectivity index (χ0) is 22.5. The van der Waals surface area contributed by atoms with Gasteiger partial charge < -0.3 is 20.6 Å². The first kappa shape index (κ1) is 25.8. The summed E-state index contributed by atoms with van der Waals surface area (Å²) < 4.78 is 0. The number of amides is 3. The van der Waals surface area contributed by atoms with Gasteiger partial charge in [-0.15, -0.1) is 0 Å². The van der Waals surface area contributed by atoms with Gasteiger partial charge in [0.05, 0.1) is 6.42 Å². The van der Waals surface area contributed by atoms with Crippen molar-refractivity contribution in [2.75, 3.05) is 25.1 Å². The summed E-state index contributed by atoms with van der Waals surface area (Å²) >= 11 is 0. The standard InChI is InChI=1S/C19H28N4O5S2/c1-13(24)21-16(10-18(26)27)11-29-30-12-17(22-14(2)25)19(28)23(3)9-7-15-6-4-5-8-20-15/h4-6,8,16-17H,7,9-12H2,1-3H3,(H,21,24)(H,22,25)(H,26,27)/t16-,17-/m0/s1. The van der Waals surface area contributed by atoms with Gasteiger partial charge in [0.1, 0.15) is 6.04 Å². The number of carboxylic acid groups (broad SMARTS) is 1. The highest BCUT2D eigenvalue weighted by molar-refractivity contribution is 8.76. The molecule has 1 heterocycles. The molecule has 3 N–H and O–H groups in total. The number of carbonyl (C=O) groups is 4. The molecule has 1 aromatic rings. The first-order valence-electron chi connectivity index (χ1n) is 9.34. The molecular formula is C19H28N4O5S2. The normalized spacial score (nSPS) is 12.5. The highest BCUT2D eigenvalue weighted by Gasteiger charge is 2.23. The molecule has 0 spiro atoms. The summed E-state index contributed by atoms with van der Waals surface area (Å²) in [5, 5.41) is 14.2. The van der Waals surface area contributed by atoms with Crippen molar-refractivity contribution in [3.05, 3.63) is 30.1 Å². The zero-order valence-electron chi connectivity index (χ0n) is 17.3. The number of hydrogen-bond acceptors (Lipinski definition) is 7. The van der Waals surface area contributed by atoms with Gasteiger partial charge in [-0.3, -0.25) is 24.2 Å². The third-order valence-electron chi connectivity index (χ3n) is 3.90. The lowest BCUT2D eigenvalue weighted by Crippen LogP contribution is -2.48. The highest BCUT2D eigenvalue weighted by atomic mass is 33.1. The SMILES string of the molecule is CC(=O)N[C@H](CSSC[C@H](NC(C)=O)C(=O)N(C)CCc1ccccn1)CC(=O)O. The van der Waals surface area contributed by atoms with Crippen molar-refractivity contribution in [2.45, 2.75) is 38.8 Å². The second kappa shape index (κ2) is 13.9. The molecule has 2 atom stereocenters. The Bertz CT molecular complexity index is 704. The molecule has 166 valence electrons. The summed E-state index contributed by atoms with van der Waals surface area (Å²) in [6.07, 6.45) is 2.12. The summed E-state index contributed by atoms with van der Waals surface area (Å²) in [5.74, 6) is -1.13. The molecule has 0 fully saturated rings. The minimum Gasteiger partial charge on any atom is -0.481 e. The van der Waals surface area contributed by atoms with Crippen molar-refractivity contribution >= 4 is 45.3 Å². The number of hydrogen-bond donors (Lipinski definition) is 3. The Kier molecular flexibility index (Phi) is 11.9. The van der Waals surface area contributed by atoms with Crippen LogP contribution in [0.1, 0.15) is 26.0 Å². The third-order valence-corrected chi connectivity index (χ3v) is 6.39. The predicted molar refractivity (Wildman–Crippen MR) is 118 cm³/mol. The molecule has 0 aliphatic carbocycles. The lowest BCUT2D eigenvalue weighted by Gasteiger charge is -2.24. The van der Waals surface area contributed by atoms with Crippen LogP contribution in [0.2, 0.25) is 0 Å². The fraction of sp³-hybridized carbons (Fsp3) is 0.526. The summed E-state index contributed by atoms with van der Waals surface area (Å²) in [7, 11) is 4.37. The zero-order valence-corrected chi connectivity index (χ0v) is 18.9. The first-order valence-corrected chi connectivity index (χ1v) is 11.8. The van der Waals surface area contributed by atoms with Crippen molar-refractivity contribution in [2.24, 2.45) is 0 Å². The summed E-state index contributed by atoms with van der Waals surface area (Å²) in [6.45, 7) is 3.15. The van der Waals surface area contributed by atoms with Crippen LogP contribution in [-0.2, 0) is 25.6 Å². The van der Waals surface area contributed by atoms with E-state index in [1.54, 1.807) is 18.1 Å². The number of nitrogens with one attached hydrogen (secondary N) is 2. The molecule has 0 saturated heterocycles. The first-order chi connectivity index (χ1) is 14.2. The predicted octanol–water partition coefficient (Wildman–Crippen LogP) is 0.948. The number of aromatic nitrogens is 1. The van der Waals surface area contributed by atoms with Crippen LogP contribution in [0.4, 0.5) is 0 Å². The van der Waals surface area contributed by atoms with Crippen LogP contribution in [0.5, 0.6) is 0 Å². The van der Waals surface area contributed by atoms with E-state index < -0.39 is 18.1 Å². The van der Waals surface area contributed by atoms with Crippen molar-refractivity contribution in [1.29, 1.82) is 0 Å². The Labute approximate surface area is 184 Å². The molecule has 0 aliphatic rings. The lowest BCUT2D eigenvalue weighted by atomic mass is 10.2. The number of aliphatic carboxylic acids is 1. The van der Waals surface area contributed by atoms with Gasteiger partial charge in [-0.05, 0) is 12.1 Å². The second-order valence-electron chi connectivity index (χ2n) is 6.65. The molecule has 1 rings (SSSR count). The molecule has 3 amide bonds. The van der Waals surface area contributed by atoms with Gasteiger partial charge >= 0.3 is 5.97 Å². The summed E-state index contributed by atoms with van der Waals surface area (Å²) in [4.78, 5) is 52.2. The monoisotopic (exact) mass is 456 g/mol. The summed E-state index contributed by atoms with van der Waals surface area (Å²) in [5.41, 5.74) is 0.876. The fourth-order valence-electron chi connectivity index (χ4n) is 2.52. The van der Waals surface area contributed by atoms with E-state index in [-0.39, 0.29) is 24.1 Å². The van der Waals surface area contributed by atoms with Crippen molar-refractivity contribution in [1.82, 2.24) is 20.5 Å². The third kappa shape index (κ3) is 11.1. The number of carboxylic acids is 1. The molecule has 0 saturated carbocycles. The molecule has 30 heavy (non-hydrogen) atoms. The maximum atomic E-state index is 12.8. The quantitative estimate of drug-likeness (QED) is 0.296. The minimum atomic E-state index is -1.000. The molecule has 9 nitrogen and oxygen atoms in total. The van der Waals surface area contributed by atoms with Gasteiger partial charge in [-0.2, -0.15) is 0 Å². The lowest BCUT2D eigenvalue weighted by molar-refractivity contribution is -0.137. The molecule has 0 bridgehead atoms. The molecule has 1 aromatic heterocycles. The van der Waals surface area contributed by atoms with E-state index in [1.165, 1.54) is 35.4 Å². The van der Waals surface area contributed by atoms with Gasteiger partial charge in [0, 0.05) is 63.3 Å². The van der Waals surface area contributed by atoms with Gasteiger partial charge in [-0.1, -0.05) is 27.7 Å². The number of rotatable bonds is 13. The van der Waals surface area contributed by atoms with Crippen molar-refractivity contribution < 1.29 is 24.3 Å². The molecular weight excluding hydrogens is 428 g/mol. The van der Waals surface area contributed by atoms with E-state index >= 15 is 0 Å². The van der Waals surface area contributed by atoms with E-state index in [9.17, 15) is 19.2 Å². The smallest absolute Gasteiger partial charge is 0.305 e. The van der Waals surface area contributed by atoms with Gasteiger partial charge in [0.2, 0.25) is 17.7 Å². The Morgan fingerprint density at radius 3 is 2.33 bits per heavy atom. The van der Waals surface area contributed by atoms with Crippen LogP contribution in [0.3, 0.4) is 0 Å². The Hall–Kier alpha value is -2.27. The van der Waals surface area contributed by atoms with E-state index in [4.69, 9.17) is 5.11 Å². The van der Waals surface area contributed by atoms with E-state index in [1.807, 2.05) is 18.2 Å². The fourth-order valence-corrected chi connectivity index (χ4v) is 4.92. The highest BCUT2D eigenvalue weighted by Crippen LogP contribution is 2.24. The molecule has 11 heteroatoms. The van der Waals surface area contributed by atoms with E-state index in [0.29, 0.717) is 24.5 Å². The van der Waals surface area contributed by atoms with Gasteiger partial charge in [0.15, 0.2) is 0 Å². The number of carbonyl (C=O) groups excluding carboxylic acids is 3. The van der Waals surface area contributed by atoms with Crippen LogP contribution < -0.4 is 10.6 Å². The maximum Gasteiger partial charge on any atom is 0.305 e. The second-order valence-corrected chi connectivity index (χ2v) is 9.20. The Balaban J connectivity index is 2.54. The minimum absolute atomic E-state index is 0.183. The molecule has 0 unspecified atom stereocenters. The Morgan fingerprint density at radius 2 is 1.77 bits per heavy atom.